The Hall–Kier alpha value is -0.860. The highest BCUT2D eigenvalue weighted by atomic mass is 15.3. The lowest BCUT2D eigenvalue weighted by molar-refractivity contribution is -0.533. The SMILES string of the molecule is CCCCN1C=NC[N+](CCCC)=C1C. The topological polar surface area (TPSA) is 18.6 Å². The van der Waals surface area contributed by atoms with E-state index in [1.807, 2.05) is 6.34 Å². The van der Waals surface area contributed by atoms with E-state index in [4.69, 9.17) is 0 Å². The van der Waals surface area contributed by atoms with E-state index in [2.05, 4.69) is 35.2 Å². The van der Waals surface area contributed by atoms with Crippen molar-refractivity contribution in [2.24, 2.45) is 4.99 Å². The first-order valence-corrected chi connectivity index (χ1v) is 6.14. The molecule has 0 unspecified atom stereocenters. The van der Waals surface area contributed by atoms with Gasteiger partial charge in [0.25, 0.3) is 5.84 Å². The van der Waals surface area contributed by atoms with Crippen molar-refractivity contribution in [3.63, 3.8) is 0 Å². The average molecular weight is 210 g/mol. The van der Waals surface area contributed by atoms with Crippen LogP contribution >= 0.6 is 0 Å². The maximum absolute atomic E-state index is 4.40. The summed E-state index contributed by atoms with van der Waals surface area (Å²) in [4.78, 5) is 6.68. The van der Waals surface area contributed by atoms with Crippen LogP contribution in [0.2, 0.25) is 0 Å². The fourth-order valence-corrected chi connectivity index (χ4v) is 1.73. The molecular formula is C12H24N3+. The minimum atomic E-state index is 0.842. The van der Waals surface area contributed by atoms with Crippen molar-refractivity contribution in [2.45, 2.75) is 46.5 Å². The lowest BCUT2D eigenvalue weighted by atomic mass is 10.3. The Balaban J connectivity index is 2.53. The summed E-state index contributed by atoms with van der Waals surface area (Å²) in [5.41, 5.74) is 0. The van der Waals surface area contributed by atoms with Crippen LogP contribution in [0, 0.1) is 0 Å². The van der Waals surface area contributed by atoms with Gasteiger partial charge in [-0.15, -0.1) is 0 Å². The van der Waals surface area contributed by atoms with Crippen molar-refractivity contribution in [1.82, 2.24) is 4.90 Å². The third-order valence-corrected chi connectivity index (χ3v) is 2.88. The number of nitrogens with zero attached hydrogens (tertiary/aromatic N) is 3. The maximum Gasteiger partial charge on any atom is 0.251 e. The van der Waals surface area contributed by atoms with Gasteiger partial charge in [0, 0.05) is 6.92 Å². The van der Waals surface area contributed by atoms with Gasteiger partial charge in [0.05, 0.1) is 13.1 Å². The highest BCUT2D eigenvalue weighted by Crippen LogP contribution is 2.01. The Morgan fingerprint density at radius 3 is 2.73 bits per heavy atom. The van der Waals surface area contributed by atoms with E-state index < -0.39 is 0 Å². The fraction of sp³-hybridized carbons (Fsp3) is 0.833. The van der Waals surface area contributed by atoms with E-state index in [0.717, 1.165) is 19.8 Å². The molecule has 1 heterocycles. The van der Waals surface area contributed by atoms with Gasteiger partial charge in [0.15, 0.2) is 13.0 Å². The summed E-state index contributed by atoms with van der Waals surface area (Å²) in [6.45, 7) is 9.75. The Bertz CT molecular complexity index is 243. The molecule has 0 bridgehead atoms. The molecular weight excluding hydrogens is 186 g/mol. The Kier molecular flexibility index (Phi) is 5.37. The van der Waals surface area contributed by atoms with Crippen LogP contribution in [-0.4, -0.2) is 41.4 Å². The molecule has 0 aromatic rings. The lowest BCUT2D eigenvalue weighted by Crippen LogP contribution is -2.40. The zero-order valence-corrected chi connectivity index (χ0v) is 10.4. The van der Waals surface area contributed by atoms with Gasteiger partial charge in [0.1, 0.15) is 0 Å². The molecule has 1 aliphatic heterocycles. The molecule has 0 atom stereocenters. The second kappa shape index (κ2) is 6.59. The van der Waals surface area contributed by atoms with E-state index in [1.165, 1.54) is 31.5 Å². The van der Waals surface area contributed by atoms with E-state index in [9.17, 15) is 0 Å². The molecule has 0 N–H and O–H groups in total. The predicted octanol–water partition coefficient (Wildman–Crippen LogP) is 2.32. The molecule has 0 spiro atoms. The average Bonchev–Trinajstić information content (AvgIpc) is 2.26. The van der Waals surface area contributed by atoms with Crippen molar-refractivity contribution >= 4 is 12.2 Å². The van der Waals surface area contributed by atoms with Gasteiger partial charge in [0.2, 0.25) is 0 Å². The normalized spacial score (nSPS) is 16.3. The molecule has 0 fully saturated rings. The van der Waals surface area contributed by atoms with Crippen LogP contribution < -0.4 is 0 Å². The molecule has 1 rings (SSSR count). The van der Waals surface area contributed by atoms with E-state index in [1.54, 1.807) is 0 Å². The third-order valence-electron chi connectivity index (χ3n) is 2.88. The van der Waals surface area contributed by atoms with Gasteiger partial charge in [-0.3, -0.25) is 0 Å². The molecule has 0 saturated heterocycles. The highest BCUT2D eigenvalue weighted by Gasteiger charge is 2.19. The van der Waals surface area contributed by atoms with Crippen LogP contribution in [0.1, 0.15) is 46.5 Å². The Morgan fingerprint density at radius 1 is 1.33 bits per heavy atom. The largest absolute Gasteiger partial charge is 0.251 e. The summed E-state index contributed by atoms with van der Waals surface area (Å²) in [7, 11) is 0. The summed E-state index contributed by atoms with van der Waals surface area (Å²) >= 11 is 0. The zero-order valence-electron chi connectivity index (χ0n) is 10.4. The second-order valence-electron chi connectivity index (χ2n) is 4.15. The second-order valence-corrected chi connectivity index (χ2v) is 4.15. The van der Waals surface area contributed by atoms with E-state index in [0.29, 0.717) is 0 Å². The van der Waals surface area contributed by atoms with Crippen molar-refractivity contribution < 1.29 is 4.58 Å². The molecule has 0 saturated carbocycles. The van der Waals surface area contributed by atoms with Crippen molar-refractivity contribution in [3.8, 4) is 0 Å². The Morgan fingerprint density at radius 2 is 2.07 bits per heavy atom. The predicted molar refractivity (Wildman–Crippen MR) is 65.7 cm³/mol. The number of unbranched alkanes of at least 4 members (excludes halogenated alkanes) is 2. The monoisotopic (exact) mass is 210 g/mol. The molecule has 3 heteroatoms. The number of hydrogen-bond acceptors (Lipinski definition) is 2. The van der Waals surface area contributed by atoms with E-state index >= 15 is 0 Å². The van der Waals surface area contributed by atoms with Gasteiger partial charge < -0.3 is 0 Å². The highest BCUT2D eigenvalue weighted by molar-refractivity contribution is 5.87. The van der Waals surface area contributed by atoms with Crippen molar-refractivity contribution in [2.75, 3.05) is 19.8 Å². The molecule has 0 aliphatic carbocycles. The van der Waals surface area contributed by atoms with Gasteiger partial charge in [-0.2, -0.15) is 0 Å². The third kappa shape index (κ3) is 3.65. The lowest BCUT2D eigenvalue weighted by Gasteiger charge is -2.19. The van der Waals surface area contributed by atoms with Crippen LogP contribution in [0.5, 0.6) is 0 Å². The first-order chi connectivity index (χ1) is 7.29. The molecule has 0 aromatic heterocycles. The maximum atomic E-state index is 4.40. The van der Waals surface area contributed by atoms with E-state index in [-0.39, 0.29) is 0 Å². The first kappa shape index (κ1) is 12.2. The number of aliphatic imine (C=N–C) groups is 1. The summed E-state index contributed by atoms with van der Waals surface area (Å²) < 4.78 is 2.37. The summed E-state index contributed by atoms with van der Waals surface area (Å²) in [5, 5.41) is 0. The van der Waals surface area contributed by atoms with Crippen LogP contribution in [0.4, 0.5) is 0 Å². The molecule has 0 radical (unpaired) electrons. The Labute approximate surface area is 93.5 Å². The molecule has 15 heavy (non-hydrogen) atoms. The smallest absolute Gasteiger partial charge is 0.245 e. The van der Waals surface area contributed by atoms with Crippen LogP contribution in [0.15, 0.2) is 4.99 Å². The molecule has 0 aromatic carbocycles. The van der Waals surface area contributed by atoms with Gasteiger partial charge in [-0.05, 0) is 12.8 Å². The van der Waals surface area contributed by atoms with Crippen molar-refractivity contribution in [3.05, 3.63) is 0 Å². The molecule has 1 aliphatic rings. The molecule has 0 amide bonds. The summed E-state index contributed by atoms with van der Waals surface area (Å²) in [6, 6.07) is 0. The number of hydrogen-bond donors (Lipinski definition) is 0. The van der Waals surface area contributed by atoms with Crippen LogP contribution in [0.25, 0.3) is 0 Å². The van der Waals surface area contributed by atoms with Gasteiger partial charge in [-0.25, -0.2) is 14.5 Å². The minimum Gasteiger partial charge on any atom is -0.245 e. The quantitative estimate of drug-likeness (QED) is 0.615. The van der Waals surface area contributed by atoms with Crippen LogP contribution in [-0.2, 0) is 0 Å². The summed E-state index contributed by atoms with van der Waals surface area (Å²) in [5.74, 6) is 1.37. The first-order valence-electron chi connectivity index (χ1n) is 6.14. The van der Waals surface area contributed by atoms with Gasteiger partial charge >= 0.3 is 0 Å². The number of rotatable bonds is 6. The minimum absolute atomic E-state index is 0.842. The molecule has 3 nitrogen and oxygen atoms in total. The fourth-order valence-electron chi connectivity index (χ4n) is 1.73. The van der Waals surface area contributed by atoms with Crippen LogP contribution in [0.3, 0.4) is 0 Å². The summed E-state index contributed by atoms with van der Waals surface area (Å²) in [6.07, 6.45) is 6.99. The molecule has 86 valence electrons. The van der Waals surface area contributed by atoms with Gasteiger partial charge in [-0.1, -0.05) is 26.7 Å². The number of amidine groups is 1. The van der Waals surface area contributed by atoms with Crippen molar-refractivity contribution in [1.29, 1.82) is 0 Å². The zero-order chi connectivity index (χ0) is 11.1. The standard InChI is InChI=1S/C12H24N3/c1-4-6-8-14-10-13-11-15(12(14)3)9-7-5-2/h10H,4-9,11H2,1-3H3/q+1.